The monoisotopic (exact) mass is 282 g/mol. The summed E-state index contributed by atoms with van der Waals surface area (Å²) in [4.78, 5) is 0. The zero-order valence-corrected chi connectivity index (χ0v) is 10.1. The molecular weight excluding hydrogens is 272 g/mol. The Morgan fingerprint density at radius 2 is 2.06 bits per heavy atom. The van der Waals surface area contributed by atoms with Crippen LogP contribution in [0.2, 0.25) is 0 Å². The number of hydrogen-bond donors (Lipinski definition) is 0. The summed E-state index contributed by atoms with van der Waals surface area (Å²) in [5.41, 5.74) is -1.02. The van der Waals surface area contributed by atoms with Crippen LogP contribution < -0.4 is 0 Å². The van der Waals surface area contributed by atoms with Gasteiger partial charge in [-0.15, -0.1) is 11.6 Å². The van der Waals surface area contributed by atoms with Crippen LogP contribution in [0.4, 0.5) is 17.6 Å². The molecule has 0 amide bonds. The summed E-state index contributed by atoms with van der Waals surface area (Å²) in [5.74, 6) is -0.857. The predicted octanol–water partition coefficient (Wildman–Crippen LogP) is 4.16. The number of ether oxygens (including phenoxy) is 1. The minimum absolute atomic E-state index is 0.0351. The molecule has 0 aliphatic carbocycles. The minimum Gasteiger partial charge on any atom is -0.373 e. The van der Waals surface area contributed by atoms with Crippen molar-refractivity contribution in [3.63, 3.8) is 0 Å². The number of rotatable bonds is 2. The van der Waals surface area contributed by atoms with Crippen LogP contribution in [0.5, 0.6) is 0 Å². The topological polar surface area (TPSA) is 9.23 Å². The molecule has 0 bridgehead atoms. The van der Waals surface area contributed by atoms with E-state index in [9.17, 15) is 17.6 Å². The first-order valence-corrected chi connectivity index (χ1v) is 6.01. The molecule has 0 saturated carbocycles. The van der Waals surface area contributed by atoms with E-state index < -0.39 is 23.7 Å². The summed E-state index contributed by atoms with van der Waals surface area (Å²) >= 11 is 5.71. The Kier molecular flexibility index (Phi) is 3.82. The second kappa shape index (κ2) is 5.05. The van der Waals surface area contributed by atoms with Crippen LogP contribution in [0.15, 0.2) is 18.2 Å². The lowest BCUT2D eigenvalue weighted by Gasteiger charge is -2.21. The van der Waals surface area contributed by atoms with Crippen molar-refractivity contribution in [3.05, 3.63) is 35.1 Å². The third kappa shape index (κ3) is 2.62. The molecule has 1 aliphatic rings. The van der Waals surface area contributed by atoms with Crippen molar-refractivity contribution in [2.75, 3.05) is 12.5 Å². The normalized spacial score (nSPS) is 24.5. The summed E-state index contributed by atoms with van der Waals surface area (Å²) < 4.78 is 56.9. The van der Waals surface area contributed by atoms with E-state index in [2.05, 4.69) is 0 Å². The maximum atomic E-state index is 13.0. The molecule has 2 atom stereocenters. The molecule has 1 nitrogen and oxygen atoms in total. The Balaban J connectivity index is 2.44. The average Bonchev–Trinajstić information content (AvgIpc) is 2.75. The SMILES string of the molecule is Fc1ccc(C2OCCC2CCl)c(C(F)(F)F)c1. The van der Waals surface area contributed by atoms with Gasteiger partial charge in [-0.3, -0.25) is 0 Å². The van der Waals surface area contributed by atoms with Crippen LogP contribution in [0.1, 0.15) is 23.7 Å². The number of halogens is 5. The molecule has 1 aromatic rings. The van der Waals surface area contributed by atoms with Crippen LogP contribution in [-0.4, -0.2) is 12.5 Å². The molecule has 2 rings (SSSR count). The quantitative estimate of drug-likeness (QED) is 0.584. The fourth-order valence-electron chi connectivity index (χ4n) is 2.16. The highest BCUT2D eigenvalue weighted by molar-refractivity contribution is 6.18. The largest absolute Gasteiger partial charge is 0.416 e. The van der Waals surface area contributed by atoms with Crippen molar-refractivity contribution < 1.29 is 22.3 Å². The zero-order valence-electron chi connectivity index (χ0n) is 9.31. The van der Waals surface area contributed by atoms with Gasteiger partial charge in [0.05, 0.1) is 11.7 Å². The van der Waals surface area contributed by atoms with Gasteiger partial charge in [-0.1, -0.05) is 6.07 Å². The Bertz CT molecular complexity index is 433. The zero-order chi connectivity index (χ0) is 13.3. The van der Waals surface area contributed by atoms with E-state index in [0.717, 1.165) is 12.1 Å². The Hall–Kier alpha value is -0.810. The van der Waals surface area contributed by atoms with E-state index >= 15 is 0 Å². The van der Waals surface area contributed by atoms with E-state index in [4.69, 9.17) is 16.3 Å². The first-order chi connectivity index (χ1) is 8.43. The van der Waals surface area contributed by atoms with Gasteiger partial charge in [-0.2, -0.15) is 13.2 Å². The molecule has 0 N–H and O–H groups in total. The maximum Gasteiger partial charge on any atom is 0.416 e. The lowest BCUT2D eigenvalue weighted by molar-refractivity contribution is -0.139. The summed E-state index contributed by atoms with van der Waals surface area (Å²) in [6.07, 6.45) is -4.69. The van der Waals surface area contributed by atoms with Gasteiger partial charge in [-0.05, 0) is 24.1 Å². The van der Waals surface area contributed by atoms with Crippen LogP contribution >= 0.6 is 11.6 Å². The molecule has 6 heteroatoms. The smallest absolute Gasteiger partial charge is 0.373 e. The van der Waals surface area contributed by atoms with Gasteiger partial charge in [0.1, 0.15) is 5.82 Å². The van der Waals surface area contributed by atoms with E-state index in [1.165, 1.54) is 0 Å². The molecule has 0 aromatic heterocycles. The molecule has 1 fully saturated rings. The average molecular weight is 283 g/mol. The lowest BCUT2D eigenvalue weighted by Crippen LogP contribution is -2.16. The minimum atomic E-state index is -4.60. The molecule has 1 aromatic carbocycles. The molecule has 100 valence electrons. The molecule has 0 radical (unpaired) electrons. The van der Waals surface area contributed by atoms with E-state index in [1.807, 2.05) is 0 Å². The molecule has 0 spiro atoms. The van der Waals surface area contributed by atoms with Crippen molar-refractivity contribution >= 4 is 11.6 Å². The van der Waals surface area contributed by atoms with Gasteiger partial charge in [0, 0.05) is 18.4 Å². The number of alkyl halides is 4. The maximum absolute atomic E-state index is 13.0. The van der Waals surface area contributed by atoms with E-state index in [0.29, 0.717) is 19.1 Å². The van der Waals surface area contributed by atoms with Gasteiger partial charge >= 0.3 is 6.18 Å². The van der Waals surface area contributed by atoms with Gasteiger partial charge < -0.3 is 4.74 Å². The lowest BCUT2D eigenvalue weighted by atomic mass is 9.93. The molecule has 2 unspecified atom stereocenters. The van der Waals surface area contributed by atoms with Gasteiger partial charge in [0.15, 0.2) is 0 Å². The molecule has 1 saturated heterocycles. The van der Waals surface area contributed by atoms with Gasteiger partial charge in [-0.25, -0.2) is 4.39 Å². The fourth-order valence-corrected chi connectivity index (χ4v) is 2.47. The highest BCUT2D eigenvalue weighted by Crippen LogP contribution is 2.42. The van der Waals surface area contributed by atoms with Gasteiger partial charge in [0.2, 0.25) is 0 Å². The summed E-state index contributed by atoms with van der Waals surface area (Å²) in [6.45, 7) is 0.372. The molecular formula is C12H11ClF4O. The second-order valence-corrected chi connectivity index (χ2v) is 4.53. The summed E-state index contributed by atoms with van der Waals surface area (Å²) in [7, 11) is 0. The Labute approximate surface area is 107 Å². The van der Waals surface area contributed by atoms with Crippen molar-refractivity contribution in [3.8, 4) is 0 Å². The molecule has 1 heterocycles. The predicted molar refractivity (Wildman–Crippen MR) is 58.9 cm³/mol. The number of benzene rings is 1. The number of hydrogen-bond acceptors (Lipinski definition) is 1. The van der Waals surface area contributed by atoms with E-state index in [-0.39, 0.29) is 17.4 Å². The van der Waals surface area contributed by atoms with Crippen LogP contribution in [0, 0.1) is 11.7 Å². The van der Waals surface area contributed by atoms with Gasteiger partial charge in [0.25, 0.3) is 0 Å². The summed E-state index contributed by atoms with van der Waals surface area (Å²) in [5, 5.41) is 0. The van der Waals surface area contributed by atoms with Crippen LogP contribution in [0.3, 0.4) is 0 Å². The van der Waals surface area contributed by atoms with Crippen molar-refractivity contribution in [2.24, 2.45) is 5.92 Å². The third-order valence-electron chi connectivity index (χ3n) is 3.04. The highest BCUT2D eigenvalue weighted by atomic mass is 35.5. The Morgan fingerprint density at radius 1 is 1.33 bits per heavy atom. The summed E-state index contributed by atoms with van der Waals surface area (Å²) in [6, 6.07) is 2.65. The third-order valence-corrected chi connectivity index (χ3v) is 3.44. The van der Waals surface area contributed by atoms with E-state index in [1.54, 1.807) is 0 Å². The first kappa shape index (κ1) is 13.6. The molecule has 1 aliphatic heterocycles. The van der Waals surface area contributed by atoms with Crippen LogP contribution in [-0.2, 0) is 10.9 Å². The van der Waals surface area contributed by atoms with Crippen molar-refractivity contribution in [2.45, 2.75) is 18.7 Å². The first-order valence-electron chi connectivity index (χ1n) is 5.47. The molecule has 18 heavy (non-hydrogen) atoms. The standard InChI is InChI=1S/C12H11ClF4O/c13-6-7-3-4-18-11(7)9-2-1-8(14)5-10(9)12(15,16)17/h1-2,5,7,11H,3-4,6H2. The Morgan fingerprint density at radius 3 is 2.67 bits per heavy atom. The van der Waals surface area contributed by atoms with Crippen molar-refractivity contribution in [1.82, 2.24) is 0 Å². The van der Waals surface area contributed by atoms with Crippen LogP contribution in [0.25, 0.3) is 0 Å². The van der Waals surface area contributed by atoms with Crippen molar-refractivity contribution in [1.29, 1.82) is 0 Å². The highest BCUT2D eigenvalue weighted by Gasteiger charge is 2.39. The fraction of sp³-hybridized carbons (Fsp3) is 0.500. The second-order valence-electron chi connectivity index (χ2n) is 4.22.